The molecule has 2 aromatic carbocycles. The van der Waals surface area contributed by atoms with Gasteiger partial charge in [0.25, 0.3) is 0 Å². The maximum absolute atomic E-state index is 13.0. The number of likely N-dealkylation sites (N-methyl/N-ethyl adjacent to an activating group) is 1. The molecule has 19 heavy (non-hydrogen) atoms. The van der Waals surface area contributed by atoms with Gasteiger partial charge in [0.2, 0.25) is 0 Å². The number of benzene rings is 2. The van der Waals surface area contributed by atoms with E-state index in [0.29, 0.717) is 0 Å². The van der Waals surface area contributed by atoms with Crippen LogP contribution in [0.25, 0.3) is 0 Å². The van der Waals surface area contributed by atoms with E-state index in [1.807, 2.05) is 30.3 Å². The summed E-state index contributed by atoms with van der Waals surface area (Å²) in [4.78, 5) is 0. The molecule has 0 saturated carbocycles. The van der Waals surface area contributed by atoms with Crippen molar-refractivity contribution in [3.05, 3.63) is 71.5 Å². The summed E-state index contributed by atoms with van der Waals surface area (Å²) in [7, 11) is 1.96. The Kier molecular flexibility index (Phi) is 3.03. The molecule has 3 heteroatoms. The molecule has 0 N–H and O–H groups in total. The predicted octanol–water partition coefficient (Wildman–Crippen LogP) is 3.26. The van der Waals surface area contributed by atoms with Crippen molar-refractivity contribution in [2.24, 2.45) is 5.10 Å². The van der Waals surface area contributed by atoms with E-state index in [9.17, 15) is 4.39 Å². The van der Waals surface area contributed by atoms with Gasteiger partial charge in [-0.25, -0.2) is 4.39 Å². The zero-order valence-corrected chi connectivity index (χ0v) is 10.8. The van der Waals surface area contributed by atoms with Gasteiger partial charge >= 0.3 is 0 Å². The summed E-state index contributed by atoms with van der Waals surface area (Å²) < 4.78 is 13.0. The topological polar surface area (TPSA) is 15.6 Å². The quantitative estimate of drug-likeness (QED) is 0.803. The molecule has 1 atom stereocenters. The second-order valence-electron chi connectivity index (χ2n) is 4.80. The second kappa shape index (κ2) is 4.84. The molecule has 0 aromatic heterocycles. The van der Waals surface area contributed by atoms with Crippen LogP contribution in [0.15, 0.2) is 59.7 Å². The van der Waals surface area contributed by atoms with Crippen LogP contribution in [0.1, 0.15) is 17.0 Å². The molecule has 1 aliphatic rings. The van der Waals surface area contributed by atoms with Crippen molar-refractivity contribution in [3.8, 4) is 0 Å². The van der Waals surface area contributed by atoms with E-state index in [1.54, 1.807) is 12.1 Å². The first kappa shape index (κ1) is 11.9. The lowest BCUT2D eigenvalue weighted by atomic mass is 9.91. The molecule has 96 valence electrons. The molecular formula is C16H15FN2. The predicted molar refractivity (Wildman–Crippen MR) is 74.8 cm³/mol. The normalized spacial score (nSPS) is 18.5. The first-order valence-corrected chi connectivity index (χ1v) is 6.34. The summed E-state index contributed by atoms with van der Waals surface area (Å²) in [6.45, 7) is 0.858. The SMILES string of the molecule is CN1C[C@@H](c2ccccc2)C(c2ccc(F)cc2)=N1. The van der Waals surface area contributed by atoms with Crippen molar-refractivity contribution < 1.29 is 4.39 Å². The maximum atomic E-state index is 13.0. The number of rotatable bonds is 2. The van der Waals surface area contributed by atoms with Crippen LogP contribution >= 0.6 is 0 Å². The Balaban J connectivity index is 1.98. The largest absolute Gasteiger partial charge is 0.299 e. The third-order valence-electron chi connectivity index (χ3n) is 3.40. The Bertz CT molecular complexity index is 590. The Morgan fingerprint density at radius 3 is 2.42 bits per heavy atom. The lowest BCUT2D eigenvalue weighted by molar-refractivity contribution is 0.381. The molecule has 0 bridgehead atoms. The van der Waals surface area contributed by atoms with Crippen molar-refractivity contribution in [1.29, 1.82) is 0 Å². The van der Waals surface area contributed by atoms with Crippen LogP contribution in [0.4, 0.5) is 4.39 Å². The fraction of sp³-hybridized carbons (Fsp3) is 0.188. The van der Waals surface area contributed by atoms with Crippen LogP contribution in [-0.4, -0.2) is 24.3 Å². The summed E-state index contributed by atoms with van der Waals surface area (Å²) in [5, 5.41) is 6.51. The first-order valence-electron chi connectivity index (χ1n) is 6.34. The second-order valence-corrected chi connectivity index (χ2v) is 4.80. The highest BCUT2D eigenvalue weighted by atomic mass is 19.1. The Morgan fingerprint density at radius 1 is 1.05 bits per heavy atom. The van der Waals surface area contributed by atoms with Gasteiger partial charge in [0, 0.05) is 19.5 Å². The van der Waals surface area contributed by atoms with E-state index in [0.717, 1.165) is 17.8 Å². The third kappa shape index (κ3) is 2.36. The molecule has 1 heterocycles. The monoisotopic (exact) mass is 254 g/mol. The van der Waals surface area contributed by atoms with Crippen molar-refractivity contribution in [1.82, 2.24) is 5.01 Å². The summed E-state index contributed by atoms with van der Waals surface area (Å²) >= 11 is 0. The minimum atomic E-state index is -0.216. The minimum absolute atomic E-state index is 0.216. The molecular weight excluding hydrogens is 239 g/mol. The fourth-order valence-corrected chi connectivity index (χ4v) is 2.47. The van der Waals surface area contributed by atoms with E-state index in [-0.39, 0.29) is 11.7 Å². The Morgan fingerprint density at radius 2 is 1.74 bits per heavy atom. The van der Waals surface area contributed by atoms with Gasteiger partial charge in [-0.3, -0.25) is 5.01 Å². The van der Waals surface area contributed by atoms with Crippen LogP contribution in [-0.2, 0) is 0 Å². The van der Waals surface area contributed by atoms with E-state index in [4.69, 9.17) is 0 Å². The zero-order chi connectivity index (χ0) is 13.2. The van der Waals surface area contributed by atoms with Crippen LogP contribution in [0, 0.1) is 5.82 Å². The molecule has 1 aliphatic heterocycles. The fourth-order valence-electron chi connectivity index (χ4n) is 2.47. The highest BCUT2D eigenvalue weighted by Gasteiger charge is 2.27. The summed E-state index contributed by atoms with van der Waals surface area (Å²) in [6, 6.07) is 16.9. The Labute approximate surface area is 112 Å². The van der Waals surface area contributed by atoms with E-state index in [2.05, 4.69) is 17.2 Å². The molecule has 0 radical (unpaired) electrons. The lowest BCUT2D eigenvalue weighted by Crippen LogP contribution is -2.15. The van der Waals surface area contributed by atoms with Crippen molar-refractivity contribution in [3.63, 3.8) is 0 Å². The molecule has 0 fully saturated rings. The average molecular weight is 254 g/mol. The Hall–Kier alpha value is -2.16. The molecule has 3 rings (SSSR count). The van der Waals surface area contributed by atoms with Crippen molar-refractivity contribution in [2.45, 2.75) is 5.92 Å². The van der Waals surface area contributed by atoms with Gasteiger partial charge in [-0.2, -0.15) is 5.10 Å². The van der Waals surface area contributed by atoms with Gasteiger partial charge in [-0.15, -0.1) is 0 Å². The number of nitrogens with zero attached hydrogens (tertiary/aromatic N) is 2. The van der Waals surface area contributed by atoms with Gasteiger partial charge in [0.1, 0.15) is 5.82 Å². The summed E-state index contributed by atoms with van der Waals surface area (Å²) in [5.41, 5.74) is 3.24. The van der Waals surface area contributed by atoms with Gasteiger partial charge in [0.05, 0.1) is 5.71 Å². The van der Waals surface area contributed by atoms with Crippen molar-refractivity contribution in [2.75, 3.05) is 13.6 Å². The van der Waals surface area contributed by atoms with E-state index >= 15 is 0 Å². The summed E-state index contributed by atoms with van der Waals surface area (Å²) in [6.07, 6.45) is 0. The van der Waals surface area contributed by atoms with Gasteiger partial charge in [-0.05, 0) is 23.3 Å². The highest BCUT2D eigenvalue weighted by Crippen LogP contribution is 2.27. The number of hydrogen-bond acceptors (Lipinski definition) is 2. The molecule has 2 aromatic rings. The minimum Gasteiger partial charge on any atom is -0.299 e. The smallest absolute Gasteiger partial charge is 0.123 e. The molecule has 0 spiro atoms. The first-order chi connectivity index (χ1) is 9.24. The third-order valence-corrected chi connectivity index (χ3v) is 3.40. The maximum Gasteiger partial charge on any atom is 0.123 e. The molecule has 2 nitrogen and oxygen atoms in total. The van der Waals surface area contributed by atoms with Crippen LogP contribution < -0.4 is 0 Å². The molecule has 0 saturated heterocycles. The van der Waals surface area contributed by atoms with Crippen LogP contribution in [0.2, 0.25) is 0 Å². The van der Waals surface area contributed by atoms with Gasteiger partial charge in [0.15, 0.2) is 0 Å². The lowest BCUT2D eigenvalue weighted by Gasteiger charge is -2.13. The average Bonchev–Trinajstić information content (AvgIpc) is 2.83. The number of hydrogen-bond donors (Lipinski definition) is 0. The molecule has 0 amide bonds. The number of hydrazone groups is 1. The van der Waals surface area contributed by atoms with Gasteiger partial charge < -0.3 is 0 Å². The van der Waals surface area contributed by atoms with E-state index in [1.165, 1.54) is 17.7 Å². The van der Waals surface area contributed by atoms with Crippen LogP contribution in [0.5, 0.6) is 0 Å². The van der Waals surface area contributed by atoms with Crippen molar-refractivity contribution >= 4 is 5.71 Å². The molecule has 0 unspecified atom stereocenters. The highest BCUT2D eigenvalue weighted by molar-refractivity contribution is 6.06. The number of halogens is 1. The summed E-state index contributed by atoms with van der Waals surface area (Å²) in [5.74, 6) is 0.0311. The van der Waals surface area contributed by atoms with Crippen LogP contribution in [0.3, 0.4) is 0 Å². The standard InChI is InChI=1S/C16H15FN2/c1-19-11-15(12-5-3-2-4-6-12)16(18-19)13-7-9-14(17)10-8-13/h2-10,15H,11H2,1H3/t15-/m0/s1. The van der Waals surface area contributed by atoms with Gasteiger partial charge in [-0.1, -0.05) is 42.5 Å². The van der Waals surface area contributed by atoms with E-state index < -0.39 is 0 Å². The zero-order valence-electron chi connectivity index (χ0n) is 10.8. The molecule has 0 aliphatic carbocycles.